The zero-order valence-corrected chi connectivity index (χ0v) is 18.0. The highest BCUT2D eigenvalue weighted by Gasteiger charge is 2.26. The molecule has 1 aromatic carbocycles. The first kappa shape index (κ1) is 21.2. The van der Waals surface area contributed by atoms with Crippen LogP contribution in [0.2, 0.25) is 0 Å². The van der Waals surface area contributed by atoms with Gasteiger partial charge in [0.25, 0.3) is 0 Å². The lowest BCUT2D eigenvalue weighted by molar-refractivity contribution is -0.122. The van der Waals surface area contributed by atoms with Gasteiger partial charge in [0.1, 0.15) is 6.54 Å². The third-order valence-electron chi connectivity index (χ3n) is 5.98. The first-order valence-corrected chi connectivity index (χ1v) is 10.6. The fourth-order valence-corrected chi connectivity index (χ4v) is 4.39. The third kappa shape index (κ3) is 4.72. The summed E-state index contributed by atoms with van der Waals surface area (Å²) in [7, 11) is 0. The van der Waals surface area contributed by atoms with E-state index in [1.54, 1.807) is 6.92 Å². The molecule has 1 heterocycles. The van der Waals surface area contributed by atoms with E-state index in [9.17, 15) is 9.59 Å². The summed E-state index contributed by atoms with van der Waals surface area (Å²) in [6.07, 6.45) is 4.40. The quantitative estimate of drug-likeness (QED) is 0.724. The van der Waals surface area contributed by atoms with E-state index in [1.807, 2.05) is 48.7 Å². The number of nitrogens with zero attached hydrogens (tertiary/aromatic N) is 1. The molecule has 1 aliphatic rings. The van der Waals surface area contributed by atoms with E-state index in [4.69, 9.17) is 4.74 Å². The number of esters is 1. The van der Waals surface area contributed by atoms with Crippen molar-refractivity contribution in [1.82, 2.24) is 9.88 Å². The molecular formula is C24H32N2O3. The lowest BCUT2D eigenvalue weighted by Crippen LogP contribution is -2.39. The van der Waals surface area contributed by atoms with Gasteiger partial charge in [0.05, 0.1) is 17.9 Å². The molecule has 5 heteroatoms. The first-order valence-electron chi connectivity index (χ1n) is 10.6. The Balaban J connectivity index is 1.91. The van der Waals surface area contributed by atoms with Gasteiger partial charge >= 0.3 is 5.97 Å². The molecule has 0 saturated heterocycles. The van der Waals surface area contributed by atoms with Crippen molar-refractivity contribution in [3.8, 4) is 11.3 Å². The standard InChI is InChI=1S/C24H32N2O3/c1-5-29-24(28)22-17(3)23(19-9-7-6-8-10-19)26(18(22)4)15-21(27)25-20-13-11-16(2)12-14-20/h6-10,16,20H,5,11-15H2,1-4H3,(H,25,27). The Morgan fingerprint density at radius 3 is 2.38 bits per heavy atom. The van der Waals surface area contributed by atoms with Crippen LogP contribution >= 0.6 is 0 Å². The van der Waals surface area contributed by atoms with Crippen LogP contribution in [0, 0.1) is 19.8 Å². The molecule has 2 aromatic rings. The summed E-state index contributed by atoms with van der Waals surface area (Å²) < 4.78 is 7.23. The van der Waals surface area contributed by atoms with Gasteiger partial charge in [0, 0.05) is 11.7 Å². The summed E-state index contributed by atoms with van der Waals surface area (Å²) in [6, 6.07) is 10.2. The van der Waals surface area contributed by atoms with Gasteiger partial charge in [-0.2, -0.15) is 0 Å². The Kier molecular flexibility index (Phi) is 6.78. The number of ether oxygens (including phenoxy) is 1. The van der Waals surface area contributed by atoms with E-state index in [-0.39, 0.29) is 24.5 Å². The lowest BCUT2D eigenvalue weighted by Gasteiger charge is -2.27. The molecule has 156 valence electrons. The van der Waals surface area contributed by atoms with E-state index in [1.165, 1.54) is 0 Å². The second kappa shape index (κ2) is 9.29. The van der Waals surface area contributed by atoms with Gasteiger partial charge in [0.2, 0.25) is 5.91 Å². The van der Waals surface area contributed by atoms with Crippen molar-refractivity contribution in [1.29, 1.82) is 0 Å². The minimum atomic E-state index is -0.333. The topological polar surface area (TPSA) is 60.3 Å². The average molecular weight is 397 g/mol. The molecule has 1 N–H and O–H groups in total. The molecule has 1 aliphatic carbocycles. The smallest absolute Gasteiger partial charge is 0.340 e. The van der Waals surface area contributed by atoms with Crippen molar-refractivity contribution in [3.63, 3.8) is 0 Å². The number of hydrogen-bond donors (Lipinski definition) is 1. The maximum absolute atomic E-state index is 12.9. The predicted octanol–water partition coefficient (Wildman–Crippen LogP) is 4.64. The van der Waals surface area contributed by atoms with Crippen LogP contribution in [0.1, 0.15) is 61.1 Å². The molecule has 1 saturated carbocycles. The molecule has 0 spiro atoms. The Bertz CT molecular complexity index is 862. The number of amides is 1. The summed E-state index contributed by atoms with van der Waals surface area (Å²) in [5.41, 5.74) is 4.07. The largest absolute Gasteiger partial charge is 0.462 e. The number of nitrogens with one attached hydrogen (secondary N) is 1. The number of carbonyl (C=O) groups is 2. The van der Waals surface area contributed by atoms with Crippen molar-refractivity contribution >= 4 is 11.9 Å². The summed E-state index contributed by atoms with van der Waals surface area (Å²) in [5, 5.41) is 3.20. The molecule has 1 aromatic heterocycles. The summed E-state index contributed by atoms with van der Waals surface area (Å²) in [5.74, 6) is 0.407. The van der Waals surface area contributed by atoms with E-state index >= 15 is 0 Å². The van der Waals surface area contributed by atoms with Crippen LogP contribution in [-0.4, -0.2) is 29.1 Å². The highest BCUT2D eigenvalue weighted by molar-refractivity contribution is 5.95. The lowest BCUT2D eigenvalue weighted by atomic mass is 9.87. The van der Waals surface area contributed by atoms with Crippen LogP contribution in [0.4, 0.5) is 0 Å². The van der Waals surface area contributed by atoms with Crippen LogP contribution in [-0.2, 0) is 16.1 Å². The van der Waals surface area contributed by atoms with E-state index in [0.29, 0.717) is 12.2 Å². The van der Waals surface area contributed by atoms with Gasteiger partial charge in [-0.25, -0.2) is 4.79 Å². The Labute approximate surface area is 173 Å². The van der Waals surface area contributed by atoms with Crippen molar-refractivity contribution in [2.45, 2.75) is 66.0 Å². The molecule has 5 nitrogen and oxygen atoms in total. The van der Waals surface area contributed by atoms with E-state index < -0.39 is 0 Å². The highest BCUT2D eigenvalue weighted by atomic mass is 16.5. The molecular weight excluding hydrogens is 364 g/mol. The first-order chi connectivity index (χ1) is 13.9. The van der Waals surface area contributed by atoms with Gasteiger partial charge in [-0.15, -0.1) is 0 Å². The van der Waals surface area contributed by atoms with Gasteiger partial charge in [0.15, 0.2) is 0 Å². The molecule has 0 aliphatic heterocycles. The Morgan fingerprint density at radius 2 is 1.76 bits per heavy atom. The Morgan fingerprint density at radius 1 is 1.10 bits per heavy atom. The zero-order chi connectivity index (χ0) is 21.0. The average Bonchev–Trinajstić information content (AvgIpc) is 2.94. The number of rotatable bonds is 6. The van der Waals surface area contributed by atoms with Gasteiger partial charge in [-0.05, 0) is 63.5 Å². The number of carbonyl (C=O) groups excluding carboxylic acids is 2. The van der Waals surface area contributed by atoms with Crippen LogP contribution in [0.25, 0.3) is 11.3 Å². The normalized spacial score (nSPS) is 19.0. The van der Waals surface area contributed by atoms with Crippen LogP contribution < -0.4 is 5.32 Å². The summed E-state index contributed by atoms with van der Waals surface area (Å²) >= 11 is 0. The molecule has 1 amide bonds. The van der Waals surface area contributed by atoms with Gasteiger partial charge < -0.3 is 14.6 Å². The summed E-state index contributed by atoms with van der Waals surface area (Å²) in [6.45, 7) is 8.41. The second-order valence-electron chi connectivity index (χ2n) is 8.13. The third-order valence-corrected chi connectivity index (χ3v) is 5.98. The second-order valence-corrected chi connectivity index (χ2v) is 8.13. The van der Waals surface area contributed by atoms with Crippen molar-refractivity contribution in [3.05, 3.63) is 47.2 Å². The van der Waals surface area contributed by atoms with Crippen LogP contribution in [0.5, 0.6) is 0 Å². The van der Waals surface area contributed by atoms with Crippen LogP contribution in [0.15, 0.2) is 30.3 Å². The minimum Gasteiger partial charge on any atom is -0.462 e. The van der Waals surface area contributed by atoms with Crippen molar-refractivity contribution in [2.24, 2.45) is 5.92 Å². The minimum absolute atomic E-state index is 0.00440. The maximum atomic E-state index is 12.9. The monoisotopic (exact) mass is 396 g/mol. The number of aromatic nitrogens is 1. The van der Waals surface area contributed by atoms with E-state index in [2.05, 4.69) is 12.2 Å². The molecule has 0 atom stereocenters. The van der Waals surface area contributed by atoms with Gasteiger partial charge in [-0.1, -0.05) is 37.3 Å². The molecule has 0 radical (unpaired) electrons. The highest BCUT2D eigenvalue weighted by Crippen LogP contribution is 2.32. The van der Waals surface area contributed by atoms with Gasteiger partial charge in [-0.3, -0.25) is 4.79 Å². The number of hydrogen-bond acceptors (Lipinski definition) is 3. The molecule has 3 rings (SSSR count). The van der Waals surface area contributed by atoms with Crippen LogP contribution in [0.3, 0.4) is 0 Å². The fourth-order valence-electron chi connectivity index (χ4n) is 4.39. The molecule has 0 bridgehead atoms. The zero-order valence-electron chi connectivity index (χ0n) is 18.0. The van der Waals surface area contributed by atoms with Crippen molar-refractivity contribution in [2.75, 3.05) is 6.61 Å². The molecule has 29 heavy (non-hydrogen) atoms. The van der Waals surface area contributed by atoms with Crippen molar-refractivity contribution < 1.29 is 14.3 Å². The summed E-state index contributed by atoms with van der Waals surface area (Å²) in [4.78, 5) is 25.4. The molecule has 0 unspecified atom stereocenters. The Hall–Kier alpha value is -2.56. The fraction of sp³-hybridized carbons (Fsp3) is 0.500. The van der Waals surface area contributed by atoms with E-state index in [0.717, 1.165) is 54.1 Å². The maximum Gasteiger partial charge on any atom is 0.340 e. The predicted molar refractivity (Wildman–Crippen MR) is 115 cm³/mol. The number of benzene rings is 1. The molecule has 1 fully saturated rings. The SMILES string of the molecule is CCOC(=O)c1c(C)c(-c2ccccc2)n(CC(=O)NC2CCC(C)CC2)c1C.